The fraction of sp³-hybridized carbons (Fsp3) is 0.500. The second kappa shape index (κ2) is 6.04. The number of nitrogens with zero attached hydrogens (tertiary/aromatic N) is 4. The maximum absolute atomic E-state index is 12.6. The van der Waals surface area contributed by atoms with E-state index in [-0.39, 0.29) is 18.5 Å². The summed E-state index contributed by atoms with van der Waals surface area (Å²) in [7, 11) is -1.27. The molecule has 0 bridgehead atoms. The van der Waals surface area contributed by atoms with Gasteiger partial charge in [0.1, 0.15) is 24.4 Å². The number of aromatic nitrogens is 3. The molecule has 8 heteroatoms. The SMILES string of the molecule is Cc1ccc(CN(C(=O)Cn2cnnc2[S@](C)=O)C2CC2)o1. The molecule has 1 amide bonds. The minimum atomic E-state index is -1.27. The Morgan fingerprint density at radius 3 is 2.86 bits per heavy atom. The van der Waals surface area contributed by atoms with Crippen LogP contribution in [0.25, 0.3) is 0 Å². The number of carbonyl (C=O) groups excluding carboxylic acids is 1. The fourth-order valence-electron chi connectivity index (χ4n) is 2.36. The highest BCUT2D eigenvalue weighted by molar-refractivity contribution is 7.84. The van der Waals surface area contributed by atoms with Crippen molar-refractivity contribution in [1.29, 1.82) is 0 Å². The van der Waals surface area contributed by atoms with E-state index in [0.717, 1.165) is 24.4 Å². The number of rotatable bonds is 6. The molecule has 1 aliphatic carbocycles. The van der Waals surface area contributed by atoms with Crippen LogP contribution < -0.4 is 0 Å². The lowest BCUT2D eigenvalue weighted by Crippen LogP contribution is -2.35. The monoisotopic (exact) mass is 322 g/mol. The van der Waals surface area contributed by atoms with Gasteiger partial charge >= 0.3 is 0 Å². The zero-order chi connectivity index (χ0) is 15.7. The molecule has 1 saturated carbocycles. The van der Waals surface area contributed by atoms with Crippen LogP contribution in [0.3, 0.4) is 0 Å². The van der Waals surface area contributed by atoms with Crippen molar-refractivity contribution in [3.63, 3.8) is 0 Å². The van der Waals surface area contributed by atoms with Gasteiger partial charge in [-0.15, -0.1) is 10.2 Å². The predicted octanol–water partition coefficient (Wildman–Crippen LogP) is 1.11. The van der Waals surface area contributed by atoms with Crippen molar-refractivity contribution >= 4 is 16.7 Å². The van der Waals surface area contributed by atoms with Gasteiger partial charge in [-0.2, -0.15) is 0 Å². The van der Waals surface area contributed by atoms with Gasteiger partial charge in [0.15, 0.2) is 0 Å². The van der Waals surface area contributed by atoms with Crippen molar-refractivity contribution in [2.75, 3.05) is 6.26 Å². The van der Waals surface area contributed by atoms with Gasteiger partial charge in [0.2, 0.25) is 11.1 Å². The Morgan fingerprint density at radius 1 is 1.50 bits per heavy atom. The van der Waals surface area contributed by atoms with E-state index in [1.54, 1.807) is 4.57 Å². The Morgan fingerprint density at radius 2 is 2.27 bits per heavy atom. The van der Waals surface area contributed by atoms with Crippen LogP contribution in [-0.2, 0) is 28.7 Å². The zero-order valence-corrected chi connectivity index (χ0v) is 13.4. The molecular formula is C14H18N4O3S. The number of carbonyl (C=O) groups is 1. The first-order valence-electron chi connectivity index (χ1n) is 7.10. The minimum absolute atomic E-state index is 0.0388. The van der Waals surface area contributed by atoms with Gasteiger partial charge in [0.05, 0.1) is 17.3 Å². The van der Waals surface area contributed by atoms with Crippen molar-refractivity contribution in [3.8, 4) is 0 Å². The third kappa shape index (κ3) is 3.27. The Bertz CT molecular complexity index is 705. The summed E-state index contributed by atoms with van der Waals surface area (Å²) >= 11 is 0. The van der Waals surface area contributed by atoms with Crippen LogP contribution in [0.15, 0.2) is 28.0 Å². The quantitative estimate of drug-likeness (QED) is 0.796. The predicted molar refractivity (Wildman–Crippen MR) is 79.4 cm³/mol. The molecule has 1 aliphatic rings. The van der Waals surface area contributed by atoms with Crippen LogP contribution in [0.1, 0.15) is 24.4 Å². The van der Waals surface area contributed by atoms with E-state index >= 15 is 0 Å². The molecule has 2 aromatic heterocycles. The molecule has 118 valence electrons. The molecule has 22 heavy (non-hydrogen) atoms. The number of hydrogen-bond donors (Lipinski definition) is 0. The Balaban J connectivity index is 1.73. The molecule has 0 aliphatic heterocycles. The summed E-state index contributed by atoms with van der Waals surface area (Å²) in [4.78, 5) is 14.4. The molecule has 0 radical (unpaired) electrons. The number of amides is 1. The molecule has 1 atom stereocenters. The highest BCUT2D eigenvalue weighted by Gasteiger charge is 2.33. The molecule has 0 saturated heterocycles. The lowest BCUT2D eigenvalue weighted by molar-refractivity contribution is -0.133. The van der Waals surface area contributed by atoms with Crippen LogP contribution >= 0.6 is 0 Å². The van der Waals surface area contributed by atoms with Crippen molar-refractivity contribution in [1.82, 2.24) is 19.7 Å². The summed E-state index contributed by atoms with van der Waals surface area (Å²) in [5.41, 5.74) is 0. The minimum Gasteiger partial charge on any atom is -0.464 e. The third-order valence-corrected chi connectivity index (χ3v) is 4.40. The van der Waals surface area contributed by atoms with Gasteiger partial charge in [0, 0.05) is 12.3 Å². The maximum atomic E-state index is 12.6. The van der Waals surface area contributed by atoms with Crippen molar-refractivity contribution in [2.24, 2.45) is 0 Å². The van der Waals surface area contributed by atoms with Crippen LogP contribution in [0.4, 0.5) is 0 Å². The first-order chi connectivity index (χ1) is 10.5. The van der Waals surface area contributed by atoms with E-state index in [9.17, 15) is 9.00 Å². The van der Waals surface area contributed by atoms with Gasteiger partial charge in [-0.1, -0.05) is 0 Å². The zero-order valence-electron chi connectivity index (χ0n) is 12.6. The second-order valence-corrected chi connectivity index (χ2v) is 6.73. The highest BCUT2D eigenvalue weighted by atomic mass is 32.2. The first kappa shape index (κ1) is 15.0. The van der Waals surface area contributed by atoms with Gasteiger partial charge in [-0.05, 0) is 31.9 Å². The number of hydrogen-bond acceptors (Lipinski definition) is 5. The van der Waals surface area contributed by atoms with Crippen LogP contribution in [-0.4, -0.2) is 42.1 Å². The summed E-state index contributed by atoms with van der Waals surface area (Å²) < 4.78 is 18.7. The Hall–Kier alpha value is -1.96. The van der Waals surface area contributed by atoms with Crippen molar-refractivity contribution < 1.29 is 13.4 Å². The van der Waals surface area contributed by atoms with E-state index in [1.807, 2.05) is 24.0 Å². The Labute approximate surface area is 130 Å². The normalized spacial score (nSPS) is 15.7. The van der Waals surface area contributed by atoms with Crippen molar-refractivity contribution in [2.45, 2.75) is 44.1 Å². The van der Waals surface area contributed by atoms with E-state index < -0.39 is 10.8 Å². The average Bonchev–Trinajstić information content (AvgIpc) is 3.05. The summed E-state index contributed by atoms with van der Waals surface area (Å²) in [5.74, 6) is 1.57. The van der Waals surface area contributed by atoms with E-state index in [4.69, 9.17) is 4.42 Å². The molecule has 0 unspecified atom stereocenters. The van der Waals surface area contributed by atoms with Gasteiger partial charge < -0.3 is 9.32 Å². The smallest absolute Gasteiger partial charge is 0.243 e. The second-order valence-electron chi connectivity index (χ2n) is 5.46. The largest absolute Gasteiger partial charge is 0.464 e. The maximum Gasteiger partial charge on any atom is 0.243 e. The van der Waals surface area contributed by atoms with Gasteiger partial charge in [0.25, 0.3) is 0 Å². The molecular weight excluding hydrogens is 304 g/mol. The summed E-state index contributed by atoms with van der Waals surface area (Å²) in [6.07, 6.45) is 4.99. The molecule has 1 fully saturated rings. The first-order valence-corrected chi connectivity index (χ1v) is 8.66. The molecule has 7 nitrogen and oxygen atoms in total. The molecule has 0 spiro atoms. The number of aryl methyl sites for hydroxylation is 1. The van der Waals surface area contributed by atoms with E-state index in [0.29, 0.717) is 11.7 Å². The van der Waals surface area contributed by atoms with Gasteiger partial charge in [-0.3, -0.25) is 13.6 Å². The molecule has 0 N–H and O–H groups in total. The summed E-state index contributed by atoms with van der Waals surface area (Å²) in [6.45, 7) is 2.44. The Kier molecular flexibility index (Phi) is 4.10. The highest BCUT2D eigenvalue weighted by Crippen LogP contribution is 2.29. The number of furan rings is 1. The van der Waals surface area contributed by atoms with Crippen molar-refractivity contribution in [3.05, 3.63) is 30.0 Å². The van der Waals surface area contributed by atoms with Crippen LogP contribution in [0, 0.1) is 6.92 Å². The molecule has 0 aromatic carbocycles. The topological polar surface area (TPSA) is 81.2 Å². The summed E-state index contributed by atoms with van der Waals surface area (Å²) in [5, 5.41) is 7.85. The fourth-order valence-corrected chi connectivity index (χ4v) is 2.96. The van der Waals surface area contributed by atoms with E-state index in [2.05, 4.69) is 10.2 Å². The molecule has 2 heterocycles. The molecule has 2 aromatic rings. The van der Waals surface area contributed by atoms with Crippen LogP contribution in [0.5, 0.6) is 0 Å². The van der Waals surface area contributed by atoms with Gasteiger partial charge in [-0.25, -0.2) is 0 Å². The lowest BCUT2D eigenvalue weighted by Gasteiger charge is -2.21. The average molecular weight is 322 g/mol. The lowest BCUT2D eigenvalue weighted by atomic mass is 10.3. The van der Waals surface area contributed by atoms with Crippen LogP contribution in [0.2, 0.25) is 0 Å². The van der Waals surface area contributed by atoms with E-state index in [1.165, 1.54) is 12.6 Å². The standard InChI is InChI=1S/C14H18N4O3S/c1-10-3-6-12(21-10)7-18(11-4-5-11)13(19)8-17-9-15-16-14(17)22(2)20/h3,6,9,11H,4-5,7-8H2,1-2H3/t22-/m0/s1. The molecule has 3 rings (SSSR count). The summed E-state index contributed by atoms with van der Waals surface area (Å²) in [6, 6.07) is 4.05. The third-order valence-electron chi connectivity index (χ3n) is 3.57.